The Morgan fingerprint density at radius 2 is 2.07 bits per heavy atom. The molecule has 3 nitrogen and oxygen atoms in total. The molecule has 0 atom stereocenters. The summed E-state index contributed by atoms with van der Waals surface area (Å²) in [6, 6.07) is 3.64. The highest BCUT2D eigenvalue weighted by Gasteiger charge is 2.20. The second-order valence-electron chi connectivity index (χ2n) is 2.42. The summed E-state index contributed by atoms with van der Waals surface area (Å²) in [4.78, 5) is 22.0. The van der Waals surface area contributed by atoms with E-state index in [1.54, 1.807) is 0 Å². The quantitative estimate of drug-likeness (QED) is 0.430. The molecule has 1 rings (SSSR count). The average molecular weight is 217 g/mol. The highest BCUT2D eigenvalue weighted by Crippen LogP contribution is 2.20. The normalized spacial score (nSPS) is 9.64. The van der Waals surface area contributed by atoms with Gasteiger partial charge in [-0.3, -0.25) is 4.79 Å². The number of carbonyl (C=O) groups excluding carboxylic acids is 2. The van der Waals surface area contributed by atoms with Crippen LogP contribution in [0.25, 0.3) is 0 Å². The topological polar surface area (TPSA) is 43.4 Å². The molecule has 0 spiro atoms. The fraction of sp³-hybridized carbons (Fsp3) is 0.111. The first-order valence-corrected chi connectivity index (χ1v) is 4.02. The minimum absolute atomic E-state index is 0.196. The van der Waals surface area contributed by atoms with Gasteiger partial charge in [0.05, 0.1) is 17.7 Å². The fourth-order valence-corrected chi connectivity index (χ4v) is 1.09. The van der Waals surface area contributed by atoms with Gasteiger partial charge in [0.25, 0.3) is 5.78 Å². The van der Waals surface area contributed by atoms with E-state index in [-0.39, 0.29) is 10.6 Å². The number of methoxy groups -OCH3 is 1. The number of carbonyl (C=O) groups is 2. The number of ether oxygens (including phenoxy) is 1. The zero-order chi connectivity index (χ0) is 10.7. The van der Waals surface area contributed by atoms with Crippen LogP contribution in [0.2, 0.25) is 5.02 Å². The maximum absolute atomic E-state index is 12.9. The number of benzene rings is 1. The Hall–Kier alpha value is -1.42. The van der Waals surface area contributed by atoms with Gasteiger partial charge in [-0.2, -0.15) is 0 Å². The van der Waals surface area contributed by atoms with Crippen molar-refractivity contribution in [1.82, 2.24) is 0 Å². The lowest BCUT2D eigenvalue weighted by Crippen LogP contribution is -2.16. The van der Waals surface area contributed by atoms with Crippen molar-refractivity contribution in [2.45, 2.75) is 0 Å². The molecule has 0 fully saturated rings. The van der Waals surface area contributed by atoms with E-state index in [0.717, 1.165) is 13.2 Å². The third-order valence-electron chi connectivity index (χ3n) is 1.57. The van der Waals surface area contributed by atoms with E-state index in [4.69, 9.17) is 11.6 Å². The highest BCUT2D eigenvalue weighted by molar-refractivity contribution is 6.45. The second kappa shape index (κ2) is 4.19. The third-order valence-corrected chi connectivity index (χ3v) is 1.95. The monoisotopic (exact) mass is 216 g/mol. The van der Waals surface area contributed by atoms with Crippen LogP contribution in [-0.4, -0.2) is 18.9 Å². The Morgan fingerprint density at radius 3 is 2.64 bits per heavy atom. The van der Waals surface area contributed by atoms with E-state index in [1.165, 1.54) is 12.1 Å². The molecule has 0 aliphatic rings. The first-order valence-electron chi connectivity index (χ1n) is 3.64. The summed E-state index contributed by atoms with van der Waals surface area (Å²) in [6.45, 7) is 0. The zero-order valence-electron chi connectivity index (χ0n) is 7.21. The molecule has 0 unspecified atom stereocenters. The number of rotatable bonds is 2. The molecule has 0 saturated heterocycles. The summed E-state index contributed by atoms with van der Waals surface area (Å²) >= 11 is 5.49. The van der Waals surface area contributed by atoms with E-state index in [0.29, 0.717) is 0 Å². The Balaban J connectivity index is 3.14. The van der Waals surface area contributed by atoms with E-state index in [9.17, 15) is 14.0 Å². The molecular formula is C9H6ClFO3. The van der Waals surface area contributed by atoms with Crippen LogP contribution in [0.5, 0.6) is 0 Å². The molecule has 0 saturated carbocycles. The average Bonchev–Trinajstić information content (AvgIpc) is 2.20. The number of hydrogen-bond acceptors (Lipinski definition) is 3. The first kappa shape index (κ1) is 10.7. The van der Waals surface area contributed by atoms with Crippen LogP contribution in [0.3, 0.4) is 0 Å². The number of Topliss-reactive ketones (excluding diaryl/α,β-unsaturated/α-hetero) is 1. The lowest BCUT2D eigenvalue weighted by atomic mass is 10.1. The molecule has 0 aliphatic heterocycles. The van der Waals surface area contributed by atoms with E-state index < -0.39 is 17.6 Å². The van der Waals surface area contributed by atoms with Crippen molar-refractivity contribution in [1.29, 1.82) is 0 Å². The Kier molecular flexibility index (Phi) is 3.19. The van der Waals surface area contributed by atoms with Crippen LogP contribution >= 0.6 is 11.6 Å². The molecule has 0 radical (unpaired) electrons. The van der Waals surface area contributed by atoms with Crippen molar-refractivity contribution in [3.8, 4) is 0 Å². The van der Waals surface area contributed by atoms with Gasteiger partial charge in [0.15, 0.2) is 0 Å². The fourth-order valence-electron chi connectivity index (χ4n) is 0.882. The van der Waals surface area contributed by atoms with Gasteiger partial charge in [-0.15, -0.1) is 0 Å². The van der Waals surface area contributed by atoms with Gasteiger partial charge in [0.2, 0.25) is 0 Å². The van der Waals surface area contributed by atoms with Crippen molar-refractivity contribution < 1.29 is 18.7 Å². The van der Waals surface area contributed by atoms with Crippen molar-refractivity contribution in [3.05, 3.63) is 34.6 Å². The SMILES string of the molecule is COC(=O)C(=O)c1cccc(F)c1Cl. The summed E-state index contributed by atoms with van der Waals surface area (Å²) < 4.78 is 17.1. The second-order valence-corrected chi connectivity index (χ2v) is 2.80. The summed E-state index contributed by atoms with van der Waals surface area (Å²) in [5.74, 6) is -2.78. The molecule has 1 aromatic rings. The third kappa shape index (κ3) is 1.90. The molecule has 74 valence electrons. The van der Waals surface area contributed by atoms with Crippen LogP contribution in [0.15, 0.2) is 18.2 Å². The van der Waals surface area contributed by atoms with Crippen LogP contribution in [0, 0.1) is 5.82 Å². The number of ketones is 1. The molecule has 5 heteroatoms. The Morgan fingerprint density at radius 1 is 1.43 bits per heavy atom. The van der Waals surface area contributed by atoms with Crippen LogP contribution in [0.4, 0.5) is 4.39 Å². The van der Waals surface area contributed by atoms with Gasteiger partial charge < -0.3 is 4.74 Å². The van der Waals surface area contributed by atoms with Gasteiger partial charge in [-0.25, -0.2) is 9.18 Å². The zero-order valence-corrected chi connectivity index (χ0v) is 7.97. The van der Waals surface area contributed by atoms with Crippen molar-refractivity contribution in [2.75, 3.05) is 7.11 Å². The smallest absolute Gasteiger partial charge is 0.379 e. The Bertz CT molecular complexity index is 390. The summed E-state index contributed by atoms with van der Waals surface area (Å²) in [5.41, 5.74) is -0.196. The molecule has 1 aromatic carbocycles. The molecule has 0 aliphatic carbocycles. The minimum atomic E-state index is -1.07. The Labute approximate surface area is 84.4 Å². The van der Waals surface area contributed by atoms with Crippen molar-refractivity contribution in [2.24, 2.45) is 0 Å². The number of hydrogen-bond donors (Lipinski definition) is 0. The molecular weight excluding hydrogens is 211 g/mol. The number of esters is 1. The first-order chi connectivity index (χ1) is 6.57. The highest BCUT2D eigenvalue weighted by atomic mass is 35.5. The maximum Gasteiger partial charge on any atom is 0.379 e. The van der Waals surface area contributed by atoms with Crippen LogP contribution in [0.1, 0.15) is 10.4 Å². The molecule has 0 amide bonds. The summed E-state index contributed by atoms with van der Waals surface area (Å²) in [6.07, 6.45) is 0. The van der Waals surface area contributed by atoms with E-state index >= 15 is 0 Å². The molecule has 0 heterocycles. The molecule has 14 heavy (non-hydrogen) atoms. The van der Waals surface area contributed by atoms with Gasteiger partial charge >= 0.3 is 5.97 Å². The maximum atomic E-state index is 12.9. The van der Waals surface area contributed by atoms with Crippen LogP contribution < -0.4 is 0 Å². The molecule has 0 bridgehead atoms. The van der Waals surface area contributed by atoms with E-state index in [2.05, 4.69) is 4.74 Å². The largest absolute Gasteiger partial charge is 0.463 e. The predicted molar refractivity (Wildman–Crippen MR) is 47.8 cm³/mol. The van der Waals surface area contributed by atoms with Gasteiger partial charge in [-0.05, 0) is 12.1 Å². The van der Waals surface area contributed by atoms with Gasteiger partial charge in [-0.1, -0.05) is 17.7 Å². The molecule has 0 N–H and O–H groups in total. The van der Waals surface area contributed by atoms with E-state index in [1.807, 2.05) is 0 Å². The summed E-state index contributed by atoms with van der Waals surface area (Å²) in [5, 5.41) is -0.372. The van der Waals surface area contributed by atoms with Gasteiger partial charge in [0.1, 0.15) is 5.82 Å². The molecule has 0 aromatic heterocycles. The minimum Gasteiger partial charge on any atom is -0.463 e. The lowest BCUT2D eigenvalue weighted by molar-refractivity contribution is -0.135. The van der Waals surface area contributed by atoms with Crippen molar-refractivity contribution in [3.63, 3.8) is 0 Å². The predicted octanol–water partition coefficient (Wildman–Crippen LogP) is 1.83. The summed E-state index contributed by atoms with van der Waals surface area (Å²) in [7, 11) is 1.06. The van der Waals surface area contributed by atoms with Crippen molar-refractivity contribution >= 4 is 23.4 Å². The van der Waals surface area contributed by atoms with Gasteiger partial charge in [0, 0.05) is 0 Å². The standard InChI is InChI=1S/C9H6ClFO3/c1-14-9(13)8(12)5-3-2-4-6(11)7(5)10/h2-4H,1H3. The lowest BCUT2D eigenvalue weighted by Gasteiger charge is -2.01. The number of halogens is 2. The van der Waals surface area contributed by atoms with Crippen LogP contribution in [-0.2, 0) is 9.53 Å².